The van der Waals surface area contributed by atoms with Crippen LogP contribution in [0.15, 0.2) is 144 Å². The zero-order chi connectivity index (χ0) is 29.7. The van der Waals surface area contributed by atoms with Gasteiger partial charge in [-0.05, 0) is 73.0 Å². The van der Waals surface area contributed by atoms with Crippen molar-refractivity contribution >= 4 is 40.4 Å². The number of benzene rings is 7. The summed E-state index contributed by atoms with van der Waals surface area (Å²) in [5, 5.41) is 13.7. The van der Waals surface area contributed by atoms with Crippen LogP contribution in [0.4, 0.5) is 0 Å². The molecule has 0 atom stereocenters. The van der Waals surface area contributed by atoms with Crippen molar-refractivity contribution in [3.05, 3.63) is 162 Å². The minimum absolute atomic E-state index is 0.412. The third-order valence-electron chi connectivity index (χ3n) is 9.94. The summed E-state index contributed by atoms with van der Waals surface area (Å²) >= 11 is 0. The van der Waals surface area contributed by atoms with Crippen molar-refractivity contribution in [1.29, 1.82) is 0 Å². The monoisotopic (exact) mass is 575 g/mol. The second-order valence-corrected chi connectivity index (χ2v) is 12.0. The van der Waals surface area contributed by atoms with Crippen molar-refractivity contribution in [2.24, 2.45) is 0 Å². The molecule has 4 heteroatoms. The van der Waals surface area contributed by atoms with Crippen molar-refractivity contribution in [2.45, 2.75) is 5.41 Å². The van der Waals surface area contributed by atoms with E-state index in [1.807, 2.05) is 18.2 Å². The second kappa shape index (κ2) is 8.98. The fourth-order valence-electron chi connectivity index (χ4n) is 8.25. The van der Waals surface area contributed by atoms with Crippen LogP contribution in [-0.4, -0.2) is 12.7 Å². The minimum atomic E-state index is -0.412. The Morgan fingerprint density at radius 1 is 0.511 bits per heavy atom. The molecule has 0 bridgehead atoms. The van der Waals surface area contributed by atoms with E-state index in [-0.39, 0.29) is 0 Å². The number of hydrogen-bond acceptors (Lipinski definition) is 3. The Labute approximate surface area is 260 Å². The van der Waals surface area contributed by atoms with Crippen LogP contribution in [0.5, 0.6) is 5.75 Å². The summed E-state index contributed by atoms with van der Waals surface area (Å²) in [5.74, 6) is 0.482. The molecule has 0 unspecified atom stereocenters. The molecular formula is C41H24BO3. The highest BCUT2D eigenvalue weighted by Crippen LogP contribution is 2.63. The molecule has 0 amide bonds. The van der Waals surface area contributed by atoms with Crippen molar-refractivity contribution < 1.29 is 14.1 Å². The van der Waals surface area contributed by atoms with Crippen molar-refractivity contribution in [3.8, 4) is 39.1 Å². The lowest BCUT2D eigenvalue weighted by Crippen LogP contribution is -2.25. The number of para-hydroxylation sites is 1. The van der Waals surface area contributed by atoms with E-state index in [0.717, 1.165) is 38.3 Å². The molecule has 1 radical (unpaired) electrons. The molecule has 1 N–H and O–H groups in total. The third-order valence-corrected chi connectivity index (χ3v) is 9.94. The first-order valence-corrected chi connectivity index (χ1v) is 15.2. The number of rotatable bonds is 3. The average Bonchev–Trinajstić information content (AvgIpc) is 3.73. The highest BCUT2D eigenvalue weighted by atomic mass is 16.5. The van der Waals surface area contributed by atoms with Gasteiger partial charge in [0.1, 0.15) is 11.3 Å². The van der Waals surface area contributed by atoms with Gasteiger partial charge < -0.3 is 14.1 Å². The number of fused-ring (bicyclic) bond motifs is 15. The average molecular weight is 575 g/mol. The fraction of sp³-hybridized carbons (Fsp3) is 0.0244. The Bertz CT molecular complexity index is 2460. The molecule has 0 aliphatic heterocycles. The summed E-state index contributed by atoms with van der Waals surface area (Å²) in [4.78, 5) is 0. The first-order valence-electron chi connectivity index (χ1n) is 15.2. The Hall–Kier alpha value is -5.58. The summed E-state index contributed by atoms with van der Waals surface area (Å²) in [5.41, 5.74) is 13.5. The van der Waals surface area contributed by atoms with E-state index in [2.05, 4.69) is 121 Å². The van der Waals surface area contributed by atoms with Gasteiger partial charge in [-0.1, -0.05) is 127 Å². The summed E-state index contributed by atoms with van der Waals surface area (Å²) in [6.07, 6.45) is 0. The van der Waals surface area contributed by atoms with Crippen molar-refractivity contribution in [1.82, 2.24) is 0 Å². The fourth-order valence-corrected chi connectivity index (χ4v) is 8.25. The number of hydrogen-bond donors (Lipinski definition) is 1. The first kappa shape index (κ1) is 24.8. The van der Waals surface area contributed by atoms with Gasteiger partial charge in [0.25, 0.3) is 0 Å². The molecule has 8 aromatic rings. The standard InChI is InChI=1S/C41H24BO3/c43-42-45-37-23-24-10-1-2-11-26(24)38-32-16-9-15-27(39(32)44-40(37)38)25-20-21-31-30-14-5-8-19-35(30)41(36(31)22-25)33-17-6-3-12-28(33)29-13-4-7-18-34(29)41/h1-23,43H. The molecular weight excluding hydrogens is 551 g/mol. The molecule has 0 saturated heterocycles. The van der Waals surface area contributed by atoms with Gasteiger partial charge in [0.05, 0.1) is 5.41 Å². The highest BCUT2D eigenvalue weighted by molar-refractivity contribution is 6.24. The van der Waals surface area contributed by atoms with E-state index in [0.29, 0.717) is 19.0 Å². The first-order chi connectivity index (χ1) is 22.3. The Kier molecular flexibility index (Phi) is 4.95. The lowest BCUT2D eigenvalue weighted by Gasteiger charge is -2.30. The summed E-state index contributed by atoms with van der Waals surface area (Å²) in [6.45, 7) is 0. The molecule has 45 heavy (non-hydrogen) atoms. The van der Waals surface area contributed by atoms with Gasteiger partial charge in [0.15, 0.2) is 5.58 Å². The van der Waals surface area contributed by atoms with Crippen LogP contribution in [0.25, 0.3) is 66.1 Å². The van der Waals surface area contributed by atoms with Crippen LogP contribution in [0.3, 0.4) is 0 Å². The molecule has 2 aliphatic rings. The van der Waals surface area contributed by atoms with Crippen molar-refractivity contribution in [3.63, 3.8) is 0 Å². The molecule has 7 aromatic carbocycles. The van der Waals surface area contributed by atoms with Gasteiger partial charge in [-0.2, -0.15) is 0 Å². The maximum atomic E-state index is 9.57. The molecule has 10 rings (SSSR count). The van der Waals surface area contributed by atoms with Crippen molar-refractivity contribution in [2.75, 3.05) is 0 Å². The predicted molar refractivity (Wildman–Crippen MR) is 182 cm³/mol. The SMILES string of the molecule is O[B]Oc1cc2ccccc2c2c1oc1c(-c3ccc4c(c3)C3(c5ccccc5-c5ccccc53)c3ccccc3-4)cccc12. The normalized spacial score (nSPS) is 13.6. The smallest absolute Gasteiger partial charge is 0.535 e. The molecule has 2 aliphatic carbocycles. The van der Waals surface area contributed by atoms with Gasteiger partial charge in [0.2, 0.25) is 0 Å². The van der Waals surface area contributed by atoms with Gasteiger partial charge in [-0.25, -0.2) is 0 Å². The van der Waals surface area contributed by atoms with E-state index in [1.54, 1.807) is 0 Å². The lowest BCUT2D eigenvalue weighted by molar-refractivity contribution is 0.451. The molecule has 3 nitrogen and oxygen atoms in total. The van der Waals surface area contributed by atoms with Gasteiger partial charge in [-0.3, -0.25) is 0 Å². The molecule has 1 heterocycles. The third kappa shape index (κ3) is 3.09. The summed E-state index contributed by atoms with van der Waals surface area (Å²) < 4.78 is 12.2. The molecule has 0 fully saturated rings. The largest absolute Gasteiger partial charge is 0.569 e. The lowest BCUT2D eigenvalue weighted by atomic mass is 9.70. The van der Waals surface area contributed by atoms with Crippen LogP contribution in [-0.2, 0) is 5.41 Å². The van der Waals surface area contributed by atoms with Crippen LogP contribution in [0.2, 0.25) is 0 Å². The van der Waals surface area contributed by atoms with E-state index >= 15 is 0 Å². The number of furan rings is 1. The topological polar surface area (TPSA) is 42.6 Å². The van der Waals surface area contributed by atoms with Crippen LogP contribution in [0, 0.1) is 0 Å². The molecule has 1 spiro atoms. The second-order valence-electron chi connectivity index (χ2n) is 12.0. The van der Waals surface area contributed by atoms with Crippen LogP contribution in [0.1, 0.15) is 22.3 Å². The van der Waals surface area contributed by atoms with E-state index in [1.165, 1.54) is 44.5 Å². The Morgan fingerprint density at radius 2 is 1.09 bits per heavy atom. The zero-order valence-electron chi connectivity index (χ0n) is 24.1. The molecule has 0 saturated carbocycles. The predicted octanol–water partition coefficient (Wildman–Crippen LogP) is 9.65. The van der Waals surface area contributed by atoms with Gasteiger partial charge in [-0.15, -0.1) is 0 Å². The summed E-state index contributed by atoms with van der Waals surface area (Å²) in [6, 6.07) is 50.0. The van der Waals surface area contributed by atoms with E-state index in [9.17, 15) is 5.02 Å². The summed E-state index contributed by atoms with van der Waals surface area (Å²) in [7, 11) is 0.715. The quantitative estimate of drug-likeness (QED) is 0.213. The molecule has 1 aromatic heterocycles. The molecule has 209 valence electrons. The Balaban J connectivity index is 1.28. The highest BCUT2D eigenvalue weighted by Gasteiger charge is 2.51. The maximum absolute atomic E-state index is 9.57. The van der Waals surface area contributed by atoms with Crippen LogP contribution < -0.4 is 4.65 Å². The maximum Gasteiger partial charge on any atom is 0.569 e. The Morgan fingerprint density at radius 3 is 1.78 bits per heavy atom. The van der Waals surface area contributed by atoms with Gasteiger partial charge >= 0.3 is 7.69 Å². The van der Waals surface area contributed by atoms with E-state index in [4.69, 9.17) is 9.07 Å². The van der Waals surface area contributed by atoms with Gasteiger partial charge in [0, 0.05) is 16.3 Å². The van der Waals surface area contributed by atoms with E-state index < -0.39 is 5.41 Å². The minimum Gasteiger partial charge on any atom is -0.535 e. The zero-order valence-corrected chi connectivity index (χ0v) is 24.1. The van der Waals surface area contributed by atoms with Crippen LogP contribution >= 0.6 is 0 Å².